The van der Waals surface area contributed by atoms with E-state index in [0.29, 0.717) is 23.7 Å². The van der Waals surface area contributed by atoms with Gasteiger partial charge < -0.3 is 20.1 Å². The minimum atomic E-state index is -1.42. The van der Waals surface area contributed by atoms with Crippen molar-refractivity contribution in [2.24, 2.45) is 5.41 Å². The number of ketones is 1. The lowest BCUT2D eigenvalue weighted by atomic mass is 9.76. The first kappa shape index (κ1) is 47.3. The molecule has 0 saturated heterocycles. The van der Waals surface area contributed by atoms with Gasteiger partial charge in [0.2, 0.25) is 5.91 Å². The van der Waals surface area contributed by atoms with Crippen molar-refractivity contribution in [1.29, 1.82) is 0 Å². The number of esters is 1. The number of ether oxygens (including phenoxy) is 2. The molecule has 4 aromatic rings. The number of benzene rings is 3. The van der Waals surface area contributed by atoms with Crippen LogP contribution in [0.4, 0.5) is 11.4 Å². The molecule has 0 radical (unpaired) electrons. The van der Waals surface area contributed by atoms with E-state index in [2.05, 4.69) is 74.5 Å². The van der Waals surface area contributed by atoms with Gasteiger partial charge >= 0.3 is 5.97 Å². The van der Waals surface area contributed by atoms with Crippen molar-refractivity contribution >= 4 is 69.9 Å². The zero-order valence-corrected chi connectivity index (χ0v) is 38.0. The molecule has 0 spiro atoms. The van der Waals surface area contributed by atoms with E-state index in [9.17, 15) is 19.2 Å². The molecule has 11 nitrogen and oxygen atoms in total. The molecule has 14 heteroatoms. The van der Waals surface area contributed by atoms with Gasteiger partial charge in [0.1, 0.15) is 23.9 Å². The van der Waals surface area contributed by atoms with Crippen LogP contribution in [0.5, 0.6) is 5.75 Å². The quantitative estimate of drug-likeness (QED) is 0.0408. The number of carbonyl (C=O) groups is 4. The number of rotatable bonds is 19. The summed E-state index contributed by atoms with van der Waals surface area (Å²) in [6.07, 6.45) is 3.92. The second kappa shape index (κ2) is 20.2. The number of nitrogens with zero attached hydrogens (tertiary/aromatic N) is 3. The summed E-state index contributed by atoms with van der Waals surface area (Å²) in [6.45, 7) is 20.4. The van der Waals surface area contributed by atoms with E-state index >= 15 is 0 Å². The lowest BCUT2D eigenvalue weighted by Gasteiger charge is -2.30. The third-order valence-electron chi connectivity index (χ3n) is 10.5. The SMILES string of the molecule is CCC(C)(C)c1ccc(OCCCC(=O)Nc2ccc(Cl)c(NC(=O)C(C(=O)C(C)(C)C)n3cnnc3SC(C)C(=O)OCc3ccc(Cl)cc3)c2)c(C(C)(C)CC)c1. The van der Waals surface area contributed by atoms with Gasteiger partial charge in [0, 0.05) is 28.1 Å². The Balaban J connectivity index is 1.42. The summed E-state index contributed by atoms with van der Waals surface area (Å²) >= 11 is 13.5. The van der Waals surface area contributed by atoms with Gasteiger partial charge in [-0.3, -0.25) is 23.7 Å². The van der Waals surface area contributed by atoms with Crippen molar-refractivity contribution in [3.63, 3.8) is 0 Å². The number of Topliss-reactive ketones (excluding diaryl/α,β-unsaturated/α-hetero) is 1. The van der Waals surface area contributed by atoms with Crippen LogP contribution < -0.4 is 15.4 Å². The molecule has 0 aliphatic heterocycles. The van der Waals surface area contributed by atoms with Crippen molar-refractivity contribution in [1.82, 2.24) is 14.8 Å². The normalized spacial score (nSPS) is 13.0. The summed E-state index contributed by atoms with van der Waals surface area (Å²) in [6, 6.07) is 16.7. The highest BCUT2D eigenvalue weighted by molar-refractivity contribution is 8.00. The van der Waals surface area contributed by atoms with Crippen LogP contribution in [0.25, 0.3) is 0 Å². The standard InChI is InChI=1S/C45H57Cl2N5O6S/c1-11-44(7,8)30-17-22-36(33(24-30)45(9,10)12-2)57-23-13-14-37(53)49-32-20-21-34(47)35(25-32)50-40(55)38(39(54)43(4,5)6)52-27-48-51-42(52)59-28(3)41(56)58-26-29-15-18-31(46)19-16-29/h15-22,24-25,27-28,38H,11-14,23,26H2,1-10H3,(H,49,53)(H,50,55). The number of thioether (sulfide) groups is 1. The van der Waals surface area contributed by atoms with E-state index < -0.39 is 34.4 Å². The molecule has 0 aliphatic rings. The van der Waals surface area contributed by atoms with E-state index in [0.717, 1.165) is 41.5 Å². The second-order valence-electron chi connectivity index (χ2n) is 16.9. The molecule has 0 aliphatic carbocycles. The molecule has 0 saturated carbocycles. The molecular formula is C45H57Cl2N5O6S. The van der Waals surface area contributed by atoms with Crippen molar-refractivity contribution in [3.05, 3.63) is 93.7 Å². The maximum atomic E-state index is 14.0. The predicted molar refractivity (Wildman–Crippen MR) is 237 cm³/mol. The highest BCUT2D eigenvalue weighted by Crippen LogP contribution is 2.39. The van der Waals surface area contributed by atoms with E-state index in [4.69, 9.17) is 32.7 Å². The van der Waals surface area contributed by atoms with Gasteiger partial charge in [-0.15, -0.1) is 10.2 Å². The lowest BCUT2D eigenvalue weighted by Crippen LogP contribution is -2.39. The predicted octanol–water partition coefficient (Wildman–Crippen LogP) is 10.8. The fraction of sp³-hybridized carbons (Fsp3) is 0.467. The number of amides is 2. The zero-order valence-electron chi connectivity index (χ0n) is 35.7. The molecule has 59 heavy (non-hydrogen) atoms. The summed E-state index contributed by atoms with van der Waals surface area (Å²) in [4.78, 5) is 53.9. The minimum absolute atomic E-state index is 0.0430. The average molecular weight is 867 g/mol. The number of anilines is 2. The monoisotopic (exact) mass is 865 g/mol. The average Bonchev–Trinajstić information content (AvgIpc) is 3.64. The molecule has 2 amide bonds. The van der Waals surface area contributed by atoms with E-state index in [-0.39, 0.29) is 45.6 Å². The number of nitrogens with one attached hydrogen (secondary N) is 2. The van der Waals surface area contributed by atoms with Crippen LogP contribution in [0.2, 0.25) is 10.0 Å². The van der Waals surface area contributed by atoms with E-state index in [1.807, 2.05) is 6.07 Å². The molecule has 3 aromatic carbocycles. The van der Waals surface area contributed by atoms with Crippen LogP contribution in [0, 0.1) is 5.41 Å². The van der Waals surface area contributed by atoms with Gasteiger partial charge in [-0.05, 0) is 84.5 Å². The van der Waals surface area contributed by atoms with Gasteiger partial charge in [0.05, 0.1) is 17.3 Å². The van der Waals surface area contributed by atoms with Crippen LogP contribution in [-0.4, -0.2) is 50.2 Å². The van der Waals surface area contributed by atoms with Crippen molar-refractivity contribution in [3.8, 4) is 5.75 Å². The van der Waals surface area contributed by atoms with Crippen molar-refractivity contribution in [2.45, 2.75) is 129 Å². The minimum Gasteiger partial charge on any atom is -0.493 e. The Hall–Kier alpha value is -4.39. The summed E-state index contributed by atoms with van der Waals surface area (Å²) in [7, 11) is 0. The molecule has 1 aromatic heterocycles. The molecular weight excluding hydrogens is 809 g/mol. The maximum Gasteiger partial charge on any atom is 0.319 e. The first-order valence-corrected chi connectivity index (χ1v) is 21.5. The Morgan fingerprint density at radius 1 is 0.864 bits per heavy atom. The van der Waals surface area contributed by atoms with Gasteiger partial charge in [0.15, 0.2) is 17.0 Å². The molecule has 4 rings (SSSR count). The van der Waals surface area contributed by atoms with Gasteiger partial charge in [0.25, 0.3) is 5.91 Å². The summed E-state index contributed by atoms with van der Waals surface area (Å²) in [5.74, 6) is -1.07. The van der Waals surface area contributed by atoms with E-state index in [1.165, 1.54) is 22.5 Å². The number of aromatic nitrogens is 3. The largest absolute Gasteiger partial charge is 0.493 e. The van der Waals surface area contributed by atoms with Crippen LogP contribution >= 0.6 is 35.0 Å². The Kier molecular flexibility index (Phi) is 16.2. The molecule has 0 fully saturated rings. The third-order valence-corrected chi connectivity index (χ3v) is 12.2. The number of hydrogen-bond donors (Lipinski definition) is 2. The van der Waals surface area contributed by atoms with Gasteiger partial charge in [-0.25, -0.2) is 0 Å². The van der Waals surface area contributed by atoms with Crippen molar-refractivity contribution in [2.75, 3.05) is 17.2 Å². The topological polar surface area (TPSA) is 142 Å². The van der Waals surface area contributed by atoms with Gasteiger partial charge in [-0.2, -0.15) is 0 Å². The fourth-order valence-electron chi connectivity index (χ4n) is 5.87. The molecule has 2 atom stereocenters. The van der Waals surface area contributed by atoms with E-state index in [1.54, 1.807) is 64.1 Å². The third kappa shape index (κ3) is 12.8. The Bertz CT molecular complexity index is 2110. The number of halogens is 2. The Morgan fingerprint density at radius 2 is 1.54 bits per heavy atom. The van der Waals surface area contributed by atoms with Crippen molar-refractivity contribution < 1.29 is 28.7 Å². The molecule has 2 unspecified atom stereocenters. The summed E-state index contributed by atoms with van der Waals surface area (Å²) in [5, 5.41) is 13.9. The molecule has 0 bridgehead atoms. The van der Waals surface area contributed by atoms with Crippen LogP contribution in [-0.2, 0) is 41.4 Å². The first-order chi connectivity index (χ1) is 27.7. The number of carbonyl (C=O) groups excluding carboxylic acids is 4. The van der Waals surface area contributed by atoms with Crippen LogP contribution in [0.15, 0.2) is 72.1 Å². The molecule has 1 heterocycles. The fourth-order valence-corrected chi connectivity index (χ4v) is 7.01. The highest BCUT2D eigenvalue weighted by atomic mass is 35.5. The summed E-state index contributed by atoms with van der Waals surface area (Å²) in [5.41, 5.74) is 2.79. The Morgan fingerprint density at radius 3 is 2.19 bits per heavy atom. The van der Waals surface area contributed by atoms with Gasteiger partial charge in [-0.1, -0.05) is 122 Å². The highest BCUT2D eigenvalue weighted by Gasteiger charge is 2.38. The first-order valence-electron chi connectivity index (χ1n) is 19.9. The lowest BCUT2D eigenvalue weighted by molar-refractivity contribution is -0.144. The zero-order chi connectivity index (χ0) is 43.7. The molecule has 2 N–H and O–H groups in total. The molecule has 318 valence electrons. The van der Waals surface area contributed by atoms with Crippen LogP contribution in [0.1, 0.15) is 118 Å². The second-order valence-corrected chi connectivity index (χ2v) is 19.1. The summed E-state index contributed by atoms with van der Waals surface area (Å²) < 4.78 is 13.1. The maximum absolute atomic E-state index is 14.0. The smallest absolute Gasteiger partial charge is 0.319 e. The Labute approximate surface area is 362 Å². The van der Waals surface area contributed by atoms with Crippen LogP contribution in [0.3, 0.4) is 0 Å². The number of hydrogen-bond acceptors (Lipinski definition) is 9.